The molecule has 0 spiro atoms. The van der Waals surface area contributed by atoms with Crippen molar-refractivity contribution in [1.29, 1.82) is 0 Å². The number of aryl methyl sites for hydroxylation is 1. The Morgan fingerprint density at radius 2 is 1.86 bits per heavy atom. The molecule has 1 atom stereocenters. The van der Waals surface area contributed by atoms with Gasteiger partial charge in [0.05, 0.1) is 11.3 Å². The van der Waals surface area contributed by atoms with Crippen molar-refractivity contribution in [2.24, 2.45) is 11.7 Å². The minimum Gasteiger partial charge on any atom is -0.508 e. The van der Waals surface area contributed by atoms with Gasteiger partial charge in [-0.05, 0) is 73.4 Å². The molecule has 1 aliphatic heterocycles. The van der Waals surface area contributed by atoms with Gasteiger partial charge in [0.15, 0.2) is 5.82 Å². The van der Waals surface area contributed by atoms with E-state index in [4.69, 9.17) is 5.73 Å². The minimum absolute atomic E-state index is 0.00320. The van der Waals surface area contributed by atoms with Crippen molar-refractivity contribution >= 4 is 22.8 Å². The molecule has 0 radical (unpaired) electrons. The first-order valence-corrected chi connectivity index (χ1v) is 14.7. The van der Waals surface area contributed by atoms with E-state index in [0.29, 0.717) is 42.2 Å². The van der Waals surface area contributed by atoms with Crippen LogP contribution < -0.4 is 16.7 Å². The number of nitrogens with one attached hydrogen (secondary N) is 2. The summed E-state index contributed by atoms with van der Waals surface area (Å²) in [5.41, 5.74) is 7.54. The van der Waals surface area contributed by atoms with Gasteiger partial charge in [-0.1, -0.05) is 20.8 Å². The van der Waals surface area contributed by atoms with Crippen molar-refractivity contribution in [2.75, 3.05) is 13.1 Å². The number of nitrogens with two attached hydrogens (primary N) is 1. The highest BCUT2D eigenvalue weighted by Crippen LogP contribution is 2.37. The van der Waals surface area contributed by atoms with E-state index < -0.39 is 17.6 Å². The molecule has 1 fully saturated rings. The second kappa shape index (κ2) is 12.2. The van der Waals surface area contributed by atoms with Crippen molar-refractivity contribution < 1.29 is 19.8 Å². The molecule has 2 aromatic heterocycles. The number of aromatic nitrogens is 4. The Labute approximate surface area is 249 Å². The molecule has 43 heavy (non-hydrogen) atoms. The lowest BCUT2D eigenvalue weighted by molar-refractivity contribution is -0.119. The number of urea groups is 1. The highest BCUT2D eigenvalue weighted by atomic mass is 16.3. The SMILES string of the molecule is CC[C@H](NC(=O)N1CCC(CCn2ccc3cc(-n4c(-c5cc(C(C)C)c(O)cc5O)n[nH]c4=O)ccc32)CC1)C(N)=O. The molecule has 0 bridgehead atoms. The summed E-state index contributed by atoms with van der Waals surface area (Å²) in [6, 6.07) is 9.81. The van der Waals surface area contributed by atoms with Gasteiger partial charge in [-0.3, -0.25) is 4.79 Å². The maximum absolute atomic E-state index is 12.9. The number of fused-ring (bicyclic) bond motifs is 1. The summed E-state index contributed by atoms with van der Waals surface area (Å²) in [5.74, 6) is 0.0265. The summed E-state index contributed by atoms with van der Waals surface area (Å²) in [4.78, 5) is 38.6. The van der Waals surface area contributed by atoms with Crippen molar-refractivity contribution in [3.8, 4) is 28.6 Å². The summed E-state index contributed by atoms with van der Waals surface area (Å²) in [6.07, 6.45) is 5.23. The summed E-state index contributed by atoms with van der Waals surface area (Å²) >= 11 is 0. The zero-order valence-electron chi connectivity index (χ0n) is 24.7. The number of likely N-dealkylation sites (tertiary alicyclic amines) is 1. The zero-order valence-corrected chi connectivity index (χ0v) is 24.7. The monoisotopic (exact) mass is 589 g/mol. The molecule has 3 heterocycles. The molecule has 0 aliphatic carbocycles. The number of primary amides is 1. The lowest BCUT2D eigenvalue weighted by Crippen LogP contribution is -2.51. The molecule has 228 valence electrons. The molecular weight excluding hydrogens is 550 g/mol. The predicted molar refractivity (Wildman–Crippen MR) is 163 cm³/mol. The van der Waals surface area contributed by atoms with Crippen molar-refractivity contribution in [3.05, 3.63) is 58.6 Å². The van der Waals surface area contributed by atoms with Gasteiger partial charge < -0.3 is 30.7 Å². The number of carbonyl (C=O) groups excluding carboxylic acids is 2. The standard InChI is InChI=1S/C31H39N7O5/c1-4-24(28(32)41)33-30(42)37-12-8-19(9-13-37)7-11-36-14-10-20-15-21(5-6-25(20)36)38-29(34-35-31(38)43)23-16-22(18(2)3)26(39)17-27(23)40/h5-6,10,14-19,24,39-40H,4,7-9,11-13H2,1-3H3,(H2,32,41)(H,33,42)(H,35,43)/t24-/m0/s1. The van der Waals surface area contributed by atoms with Crippen LogP contribution >= 0.6 is 0 Å². The van der Waals surface area contributed by atoms with Gasteiger partial charge in [0.2, 0.25) is 5.91 Å². The number of phenolic OH excluding ortho intramolecular Hbond substituents is 2. The van der Waals surface area contributed by atoms with E-state index >= 15 is 0 Å². The first-order valence-electron chi connectivity index (χ1n) is 14.7. The Bertz CT molecular complexity index is 1690. The van der Waals surface area contributed by atoms with Crippen LogP contribution in [0.3, 0.4) is 0 Å². The highest BCUT2D eigenvalue weighted by molar-refractivity contribution is 5.86. The molecule has 1 aliphatic rings. The van der Waals surface area contributed by atoms with Gasteiger partial charge in [0, 0.05) is 42.8 Å². The Morgan fingerprint density at radius 1 is 1.12 bits per heavy atom. The van der Waals surface area contributed by atoms with E-state index in [1.54, 1.807) is 11.0 Å². The van der Waals surface area contributed by atoms with Crippen molar-refractivity contribution in [3.63, 3.8) is 0 Å². The Balaban J connectivity index is 1.28. The number of aromatic hydroxyl groups is 2. The maximum atomic E-state index is 12.9. The Kier molecular flexibility index (Phi) is 8.47. The minimum atomic E-state index is -0.649. The molecule has 0 saturated carbocycles. The predicted octanol–water partition coefficient (Wildman–Crippen LogP) is 3.79. The molecule has 2 aromatic carbocycles. The quantitative estimate of drug-likeness (QED) is 0.199. The van der Waals surface area contributed by atoms with Crippen LogP contribution in [0.25, 0.3) is 28.0 Å². The fourth-order valence-corrected chi connectivity index (χ4v) is 5.84. The Hall–Kier alpha value is -4.74. The molecule has 12 nitrogen and oxygen atoms in total. The molecule has 1 saturated heterocycles. The molecule has 4 aromatic rings. The first-order chi connectivity index (χ1) is 20.6. The third kappa shape index (κ3) is 6.08. The number of carbonyl (C=O) groups is 2. The van der Waals surface area contributed by atoms with E-state index in [1.807, 2.05) is 51.2 Å². The van der Waals surface area contributed by atoms with E-state index in [-0.39, 0.29) is 29.3 Å². The summed E-state index contributed by atoms with van der Waals surface area (Å²) in [7, 11) is 0. The summed E-state index contributed by atoms with van der Waals surface area (Å²) in [6.45, 7) is 7.77. The van der Waals surface area contributed by atoms with Gasteiger partial charge in [-0.2, -0.15) is 5.10 Å². The van der Waals surface area contributed by atoms with Crippen LogP contribution in [0.15, 0.2) is 47.4 Å². The first kappa shape index (κ1) is 29.7. The number of amides is 3. The number of benzene rings is 2. The maximum Gasteiger partial charge on any atom is 0.348 e. The average molecular weight is 590 g/mol. The van der Waals surface area contributed by atoms with E-state index in [2.05, 4.69) is 20.1 Å². The van der Waals surface area contributed by atoms with E-state index in [9.17, 15) is 24.6 Å². The third-order valence-electron chi connectivity index (χ3n) is 8.42. The van der Waals surface area contributed by atoms with Gasteiger partial charge >= 0.3 is 11.7 Å². The number of piperidine rings is 1. The van der Waals surface area contributed by atoms with Crippen molar-refractivity contribution in [2.45, 2.75) is 65.0 Å². The lowest BCUT2D eigenvalue weighted by atomic mass is 9.93. The van der Waals surface area contributed by atoms with E-state index in [0.717, 1.165) is 36.7 Å². The summed E-state index contributed by atoms with van der Waals surface area (Å²) < 4.78 is 3.61. The number of nitrogens with zero attached hydrogens (tertiary/aromatic N) is 4. The number of aromatic amines is 1. The number of rotatable bonds is 9. The van der Waals surface area contributed by atoms with Gasteiger partial charge in [-0.25, -0.2) is 19.3 Å². The number of hydrogen-bond acceptors (Lipinski definition) is 6. The zero-order chi connectivity index (χ0) is 30.8. The van der Waals surface area contributed by atoms with Crippen LogP contribution in [0.5, 0.6) is 11.5 Å². The van der Waals surface area contributed by atoms with Gasteiger partial charge in [0.25, 0.3) is 0 Å². The fourth-order valence-electron chi connectivity index (χ4n) is 5.84. The van der Waals surface area contributed by atoms with Gasteiger partial charge in [-0.15, -0.1) is 0 Å². The van der Waals surface area contributed by atoms with Gasteiger partial charge in [0.1, 0.15) is 17.5 Å². The van der Waals surface area contributed by atoms with Crippen LogP contribution in [0, 0.1) is 5.92 Å². The highest BCUT2D eigenvalue weighted by Gasteiger charge is 2.25. The van der Waals surface area contributed by atoms with Crippen LogP contribution in [-0.2, 0) is 11.3 Å². The number of phenols is 2. The fraction of sp³-hybridized carbons (Fsp3) is 0.419. The van der Waals surface area contributed by atoms with Crippen molar-refractivity contribution in [1.82, 2.24) is 29.5 Å². The van der Waals surface area contributed by atoms with Crippen LogP contribution in [0.4, 0.5) is 4.79 Å². The van der Waals surface area contributed by atoms with Crippen LogP contribution in [0.2, 0.25) is 0 Å². The van der Waals surface area contributed by atoms with E-state index in [1.165, 1.54) is 10.6 Å². The lowest BCUT2D eigenvalue weighted by Gasteiger charge is -2.33. The molecule has 12 heteroatoms. The van der Waals surface area contributed by atoms with Crippen LogP contribution in [-0.4, -0.2) is 65.5 Å². The summed E-state index contributed by atoms with van der Waals surface area (Å²) in [5, 5.41) is 31.2. The molecular formula is C31H39N7O5. The second-order valence-electron chi connectivity index (χ2n) is 11.6. The molecule has 3 amide bonds. The Morgan fingerprint density at radius 3 is 2.53 bits per heavy atom. The second-order valence-corrected chi connectivity index (χ2v) is 11.6. The number of hydrogen-bond donors (Lipinski definition) is 5. The topological polar surface area (TPSA) is 172 Å². The molecule has 0 unspecified atom stereocenters. The number of H-pyrrole nitrogens is 1. The third-order valence-corrected chi connectivity index (χ3v) is 8.42. The molecule has 6 N–H and O–H groups in total. The normalized spacial score (nSPS) is 14.8. The average Bonchev–Trinajstić information content (AvgIpc) is 3.57. The van der Waals surface area contributed by atoms with Crippen LogP contribution in [0.1, 0.15) is 57.9 Å². The smallest absolute Gasteiger partial charge is 0.348 e. The molecule has 5 rings (SSSR count). The largest absolute Gasteiger partial charge is 0.508 e.